The molecule has 1 aromatic carbocycles. The molecule has 6 nitrogen and oxygen atoms in total. The molecule has 2 N–H and O–H groups in total. The molecule has 138 valence electrons. The first-order valence-electron chi connectivity index (χ1n) is 8.46. The van der Waals surface area contributed by atoms with Crippen molar-refractivity contribution in [2.24, 2.45) is 0 Å². The molecule has 0 aliphatic carbocycles. The lowest BCUT2D eigenvalue weighted by Crippen LogP contribution is -2.31. The molecule has 0 saturated carbocycles. The predicted molar refractivity (Wildman–Crippen MR) is 108 cm³/mol. The molecule has 0 radical (unpaired) electrons. The van der Waals surface area contributed by atoms with Crippen LogP contribution < -0.4 is 10.2 Å². The van der Waals surface area contributed by atoms with E-state index < -0.39 is 0 Å². The molecule has 3 rings (SSSR count). The van der Waals surface area contributed by atoms with E-state index in [0.29, 0.717) is 6.54 Å². The summed E-state index contributed by atoms with van der Waals surface area (Å²) in [6, 6.07) is 7.67. The molecule has 0 bridgehead atoms. The summed E-state index contributed by atoms with van der Waals surface area (Å²) < 4.78 is 1.64. The smallest absolute Gasteiger partial charge is 0.307 e. The summed E-state index contributed by atoms with van der Waals surface area (Å²) in [5.74, 6) is 1.62. The largest absolute Gasteiger partial charge is 0.346 e. The van der Waals surface area contributed by atoms with Crippen molar-refractivity contribution < 1.29 is 4.79 Å². The Morgan fingerprint density at radius 2 is 2.23 bits per heavy atom. The summed E-state index contributed by atoms with van der Waals surface area (Å²) >= 11 is 2.90. The quantitative estimate of drug-likeness (QED) is 0.619. The fourth-order valence-corrected chi connectivity index (χ4v) is 4.04. The number of aromatic nitrogens is 3. The number of thioether (sulfide) groups is 1. The maximum absolute atomic E-state index is 12.5. The number of para-hydroxylation sites is 2. The number of carbonyl (C=O) groups is 1. The Kier molecular flexibility index (Phi) is 6.16. The first-order chi connectivity index (χ1) is 12.6. The van der Waals surface area contributed by atoms with Crippen molar-refractivity contribution in [2.45, 2.75) is 32.4 Å². The molecule has 0 saturated heterocycles. The molecule has 26 heavy (non-hydrogen) atoms. The van der Waals surface area contributed by atoms with Crippen LogP contribution in [0.2, 0.25) is 0 Å². The molecule has 0 aliphatic rings. The van der Waals surface area contributed by atoms with Gasteiger partial charge < -0.3 is 14.9 Å². The minimum Gasteiger partial charge on any atom is -0.346 e. The lowest BCUT2D eigenvalue weighted by molar-refractivity contribution is -0.122. The van der Waals surface area contributed by atoms with E-state index >= 15 is 0 Å². The van der Waals surface area contributed by atoms with Crippen molar-refractivity contribution in [1.82, 2.24) is 19.9 Å². The summed E-state index contributed by atoms with van der Waals surface area (Å²) in [4.78, 5) is 32.1. The highest BCUT2D eigenvalue weighted by Crippen LogP contribution is 2.20. The second-order valence-electron chi connectivity index (χ2n) is 6.09. The predicted octanol–water partition coefficient (Wildman–Crippen LogP) is 3.10. The highest BCUT2D eigenvalue weighted by atomic mass is 32.2. The molecular formula is C18H22N4O2S2. The number of nitrogens with one attached hydrogen (secondary N) is 2. The Morgan fingerprint density at radius 1 is 1.42 bits per heavy atom. The van der Waals surface area contributed by atoms with Crippen LogP contribution in [0.1, 0.15) is 30.4 Å². The van der Waals surface area contributed by atoms with Crippen LogP contribution in [0.3, 0.4) is 0 Å². The Bertz CT molecular complexity index is 911. The SMILES string of the molecule is CSCC[C@H](NC(=O)CCn1c(C)csc1=O)c1nc2ccccc2[nH]1. The number of aryl methyl sites for hydroxylation is 1. The second kappa shape index (κ2) is 8.55. The maximum atomic E-state index is 12.5. The zero-order valence-electron chi connectivity index (χ0n) is 14.8. The van der Waals surface area contributed by atoms with E-state index in [9.17, 15) is 9.59 Å². The van der Waals surface area contributed by atoms with Crippen LogP contribution in [0, 0.1) is 6.92 Å². The third kappa shape index (κ3) is 4.37. The molecule has 0 spiro atoms. The van der Waals surface area contributed by atoms with Crippen LogP contribution >= 0.6 is 23.1 Å². The number of fused-ring (bicyclic) bond motifs is 1. The lowest BCUT2D eigenvalue weighted by atomic mass is 10.2. The molecule has 1 amide bonds. The second-order valence-corrected chi connectivity index (χ2v) is 7.89. The average molecular weight is 391 g/mol. The first-order valence-corrected chi connectivity index (χ1v) is 10.7. The van der Waals surface area contributed by atoms with Crippen molar-refractivity contribution >= 4 is 40.0 Å². The van der Waals surface area contributed by atoms with Gasteiger partial charge in [0.25, 0.3) is 0 Å². The van der Waals surface area contributed by atoms with Gasteiger partial charge in [-0.1, -0.05) is 23.5 Å². The van der Waals surface area contributed by atoms with Crippen molar-refractivity contribution in [1.29, 1.82) is 0 Å². The molecule has 0 unspecified atom stereocenters. The zero-order chi connectivity index (χ0) is 18.5. The van der Waals surface area contributed by atoms with Crippen LogP contribution in [-0.2, 0) is 11.3 Å². The number of rotatable bonds is 8. The van der Waals surface area contributed by atoms with Crippen LogP contribution in [0.25, 0.3) is 11.0 Å². The molecule has 1 atom stereocenters. The standard InChI is InChI=1S/C18H22N4O2S2/c1-12-11-26-18(24)22(12)9-7-16(23)19-15(8-10-25-2)17-20-13-5-3-4-6-14(13)21-17/h3-6,11,15H,7-10H2,1-2H3,(H,19,23)(H,20,21)/t15-/m0/s1. The average Bonchev–Trinajstić information content (AvgIpc) is 3.20. The van der Waals surface area contributed by atoms with Crippen LogP contribution in [-0.4, -0.2) is 32.5 Å². The van der Waals surface area contributed by atoms with Crippen molar-refractivity contribution in [3.8, 4) is 0 Å². The number of benzene rings is 1. The van der Waals surface area contributed by atoms with Crippen LogP contribution in [0.4, 0.5) is 0 Å². The van der Waals surface area contributed by atoms with Gasteiger partial charge in [-0.3, -0.25) is 9.59 Å². The highest BCUT2D eigenvalue weighted by molar-refractivity contribution is 7.98. The summed E-state index contributed by atoms with van der Waals surface area (Å²) in [6.07, 6.45) is 3.11. The van der Waals surface area contributed by atoms with Gasteiger partial charge in [-0.2, -0.15) is 11.8 Å². The summed E-state index contributed by atoms with van der Waals surface area (Å²) in [6.45, 7) is 2.28. The van der Waals surface area contributed by atoms with E-state index in [2.05, 4.69) is 15.3 Å². The van der Waals surface area contributed by atoms with E-state index in [0.717, 1.165) is 46.1 Å². The molecule has 2 aromatic heterocycles. The molecular weight excluding hydrogens is 368 g/mol. The number of hydrogen-bond acceptors (Lipinski definition) is 5. The summed E-state index contributed by atoms with van der Waals surface area (Å²) in [7, 11) is 0. The van der Waals surface area contributed by atoms with Gasteiger partial charge in [-0.15, -0.1) is 0 Å². The van der Waals surface area contributed by atoms with Gasteiger partial charge in [0.1, 0.15) is 5.82 Å². The van der Waals surface area contributed by atoms with Gasteiger partial charge in [-0.05, 0) is 37.5 Å². The Hall–Kier alpha value is -2.06. The molecule has 3 aromatic rings. The van der Waals surface area contributed by atoms with Crippen LogP contribution in [0.5, 0.6) is 0 Å². The number of H-pyrrole nitrogens is 1. The maximum Gasteiger partial charge on any atom is 0.307 e. The van der Waals surface area contributed by atoms with Crippen LogP contribution in [0.15, 0.2) is 34.4 Å². The number of nitrogens with zero attached hydrogens (tertiary/aromatic N) is 2. The van der Waals surface area contributed by atoms with E-state index in [4.69, 9.17) is 0 Å². The molecule has 0 fully saturated rings. The minimum atomic E-state index is -0.164. The van der Waals surface area contributed by atoms with E-state index in [1.807, 2.05) is 42.8 Å². The molecule has 2 heterocycles. The fourth-order valence-electron chi connectivity index (χ4n) is 2.80. The third-order valence-electron chi connectivity index (χ3n) is 4.22. The van der Waals surface area contributed by atoms with Gasteiger partial charge in [0.2, 0.25) is 5.91 Å². The monoisotopic (exact) mass is 390 g/mol. The fraction of sp³-hybridized carbons (Fsp3) is 0.389. The van der Waals surface area contributed by atoms with Crippen molar-refractivity contribution in [2.75, 3.05) is 12.0 Å². The van der Waals surface area contributed by atoms with Gasteiger partial charge in [-0.25, -0.2) is 4.98 Å². The van der Waals surface area contributed by atoms with E-state index in [1.165, 1.54) is 0 Å². The van der Waals surface area contributed by atoms with Gasteiger partial charge in [0.15, 0.2) is 0 Å². The normalized spacial score (nSPS) is 12.4. The van der Waals surface area contributed by atoms with Gasteiger partial charge in [0.05, 0.1) is 17.1 Å². The highest BCUT2D eigenvalue weighted by Gasteiger charge is 2.18. The topological polar surface area (TPSA) is 79.8 Å². The van der Waals surface area contributed by atoms with Crippen molar-refractivity contribution in [3.63, 3.8) is 0 Å². The minimum absolute atomic E-state index is 0.0217. The number of aromatic amines is 1. The third-order valence-corrected chi connectivity index (χ3v) is 5.75. The number of amides is 1. The Morgan fingerprint density at radius 3 is 2.92 bits per heavy atom. The first kappa shape index (κ1) is 18.7. The summed E-state index contributed by atoms with van der Waals surface area (Å²) in [5.41, 5.74) is 2.75. The summed E-state index contributed by atoms with van der Waals surface area (Å²) in [5, 5.41) is 4.89. The number of imidazole rings is 1. The lowest BCUT2D eigenvalue weighted by Gasteiger charge is -2.16. The number of hydrogen-bond donors (Lipinski definition) is 2. The van der Waals surface area contributed by atoms with Gasteiger partial charge >= 0.3 is 4.87 Å². The van der Waals surface area contributed by atoms with Gasteiger partial charge in [0, 0.05) is 24.0 Å². The number of carbonyl (C=O) groups excluding carboxylic acids is 1. The van der Waals surface area contributed by atoms with E-state index in [1.54, 1.807) is 16.3 Å². The Labute approximate surface area is 160 Å². The zero-order valence-corrected chi connectivity index (χ0v) is 16.5. The van der Waals surface area contributed by atoms with Crippen molar-refractivity contribution in [3.05, 3.63) is 50.8 Å². The van der Waals surface area contributed by atoms with E-state index in [-0.39, 0.29) is 23.2 Å². The number of thiazole rings is 1. The molecule has 8 heteroatoms. The molecule has 0 aliphatic heterocycles. The Balaban J connectivity index is 1.69.